The second-order valence-corrected chi connectivity index (χ2v) is 8.21. The Morgan fingerprint density at radius 2 is 2.33 bits per heavy atom. The minimum atomic E-state index is -2.90. The average Bonchev–Trinajstić information content (AvgIpc) is 2.57. The summed E-state index contributed by atoms with van der Waals surface area (Å²) < 4.78 is 23.7. The minimum Gasteiger partial charge on any atom is -0.324 e. The van der Waals surface area contributed by atoms with Crippen LogP contribution in [0.4, 0.5) is 0 Å². The Hall–Kier alpha value is 0.0900. The van der Waals surface area contributed by atoms with Crippen LogP contribution >= 0.6 is 27.3 Å². The van der Waals surface area contributed by atoms with Crippen molar-refractivity contribution in [3.8, 4) is 0 Å². The lowest BCUT2D eigenvalue weighted by molar-refractivity contribution is 0.480. The zero-order valence-corrected chi connectivity index (χ0v) is 11.3. The summed E-state index contributed by atoms with van der Waals surface area (Å²) in [5.74, 6) is 0.353. The van der Waals surface area contributed by atoms with Gasteiger partial charge in [-0.05, 0) is 28.4 Å². The Labute approximate surface area is 102 Å². The van der Waals surface area contributed by atoms with E-state index >= 15 is 0 Å². The van der Waals surface area contributed by atoms with E-state index in [1.54, 1.807) is 11.3 Å². The van der Waals surface area contributed by atoms with Gasteiger partial charge >= 0.3 is 0 Å². The highest BCUT2D eigenvalue weighted by molar-refractivity contribution is 9.10. The van der Waals surface area contributed by atoms with Gasteiger partial charge in [0.2, 0.25) is 0 Å². The van der Waals surface area contributed by atoms with Crippen molar-refractivity contribution in [1.82, 2.24) is 0 Å². The van der Waals surface area contributed by atoms with E-state index in [1.807, 2.05) is 11.4 Å². The molecule has 15 heavy (non-hydrogen) atoms. The van der Waals surface area contributed by atoms with Crippen molar-refractivity contribution in [2.24, 2.45) is 5.73 Å². The zero-order valence-electron chi connectivity index (χ0n) is 8.07. The third kappa shape index (κ3) is 2.81. The molecule has 0 aromatic carbocycles. The molecule has 0 radical (unpaired) electrons. The van der Waals surface area contributed by atoms with Crippen LogP contribution in [0.1, 0.15) is 11.3 Å². The highest BCUT2D eigenvalue weighted by atomic mass is 79.9. The molecular weight excluding hydrogens is 298 g/mol. The normalized spacial score (nSPS) is 29.5. The molecule has 2 rings (SSSR count). The van der Waals surface area contributed by atoms with Gasteiger partial charge in [0, 0.05) is 26.7 Å². The Bertz CT molecular complexity index is 468. The molecule has 84 valence electrons. The molecule has 1 fully saturated rings. The minimum absolute atomic E-state index is 0.121. The number of halogens is 1. The van der Waals surface area contributed by atoms with E-state index in [0.29, 0.717) is 12.8 Å². The molecule has 0 spiro atoms. The van der Waals surface area contributed by atoms with Gasteiger partial charge in [-0.3, -0.25) is 0 Å². The molecule has 0 amide bonds. The number of thiophene rings is 1. The maximum atomic E-state index is 11.4. The molecule has 1 aliphatic heterocycles. The van der Waals surface area contributed by atoms with E-state index in [1.165, 1.54) is 0 Å². The Balaban J connectivity index is 2.13. The lowest BCUT2D eigenvalue weighted by Crippen LogP contribution is -2.43. The first-order chi connectivity index (χ1) is 6.89. The number of hydrogen-bond acceptors (Lipinski definition) is 4. The fourth-order valence-corrected chi connectivity index (χ4v) is 5.46. The Morgan fingerprint density at radius 1 is 1.60 bits per heavy atom. The fourth-order valence-electron chi connectivity index (χ4n) is 1.87. The predicted molar refractivity (Wildman–Crippen MR) is 65.9 cm³/mol. The van der Waals surface area contributed by atoms with E-state index in [0.717, 1.165) is 9.35 Å². The van der Waals surface area contributed by atoms with Crippen LogP contribution in [0.15, 0.2) is 15.9 Å². The second kappa shape index (κ2) is 3.84. The summed E-state index contributed by atoms with van der Waals surface area (Å²) in [6, 6.07) is 2.00. The molecule has 0 bridgehead atoms. The van der Waals surface area contributed by atoms with E-state index in [4.69, 9.17) is 5.73 Å². The van der Waals surface area contributed by atoms with Crippen molar-refractivity contribution in [2.45, 2.75) is 18.4 Å². The van der Waals surface area contributed by atoms with Crippen molar-refractivity contribution in [3.63, 3.8) is 0 Å². The standard InChI is InChI=1S/C9H12BrNO2S2/c10-7-3-8(14-5-7)4-9(11)1-2-15(12,13)6-9/h3,5H,1-2,4,6,11H2. The summed E-state index contributed by atoms with van der Waals surface area (Å²) in [7, 11) is -2.90. The van der Waals surface area contributed by atoms with E-state index in [9.17, 15) is 8.42 Å². The van der Waals surface area contributed by atoms with E-state index < -0.39 is 15.4 Å². The molecule has 3 nitrogen and oxygen atoms in total. The summed E-state index contributed by atoms with van der Waals surface area (Å²) >= 11 is 4.99. The van der Waals surface area contributed by atoms with Gasteiger partial charge in [0.1, 0.15) is 0 Å². The van der Waals surface area contributed by atoms with Crippen molar-refractivity contribution < 1.29 is 8.42 Å². The lowest BCUT2D eigenvalue weighted by Gasteiger charge is -2.20. The number of hydrogen-bond donors (Lipinski definition) is 1. The van der Waals surface area contributed by atoms with Crippen LogP contribution in [0.3, 0.4) is 0 Å². The number of rotatable bonds is 2. The molecule has 1 saturated heterocycles. The third-order valence-electron chi connectivity index (χ3n) is 2.57. The van der Waals surface area contributed by atoms with Crippen LogP contribution in [0.25, 0.3) is 0 Å². The molecule has 1 aromatic rings. The zero-order chi connectivity index (χ0) is 11.1. The van der Waals surface area contributed by atoms with E-state index in [2.05, 4.69) is 15.9 Å². The highest BCUT2D eigenvalue weighted by Crippen LogP contribution is 2.29. The van der Waals surface area contributed by atoms with Crippen molar-refractivity contribution >= 4 is 37.1 Å². The summed E-state index contributed by atoms with van der Waals surface area (Å²) in [4.78, 5) is 1.14. The Kier molecular flexibility index (Phi) is 2.96. The van der Waals surface area contributed by atoms with Gasteiger partial charge in [-0.2, -0.15) is 0 Å². The molecule has 6 heteroatoms. The first-order valence-electron chi connectivity index (χ1n) is 4.61. The van der Waals surface area contributed by atoms with Gasteiger partial charge in [0.25, 0.3) is 0 Å². The van der Waals surface area contributed by atoms with Gasteiger partial charge in [0.15, 0.2) is 9.84 Å². The van der Waals surface area contributed by atoms with Crippen molar-refractivity contribution in [2.75, 3.05) is 11.5 Å². The topological polar surface area (TPSA) is 60.2 Å². The summed E-state index contributed by atoms with van der Waals surface area (Å²) in [6.45, 7) is 0. The monoisotopic (exact) mass is 309 g/mol. The average molecular weight is 310 g/mol. The van der Waals surface area contributed by atoms with Crippen LogP contribution in [0, 0.1) is 0 Å². The first kappa shape index (κ1) is 11.6. The molecule has 0 aliphatic carbocycles. The summed E-state index contributed by atoms with van der Waals surface area (Å²) in [5, 5.41) is 1.99. The fraction of sp³-hybridized carbons (Fsp3) is 0.556. The Morgan fingerprint density at radius 3 is 2.80 bits per heavy atom. The largest absolute Gasteiger partial charge is 0.324 e. The number of nitrogens with two attached hydrogens (primary N) is 1. The highest BCUT2D eigenvalue weighted by Gasteiger charge is 2.39. The van der Waals surface area contributed by atoms with Crippen LogP contribution in [0.5, 0.6) is 0 Å². The van der Waals surface area contributed by atoms with Gasteiger partial charge in [0.05, 0.1) is 11.5 Å². The molecular formula is C9H12BrNO2S2. The number of sulfone groups is 1. The molecule has 1 aliphatic rings. The molecule has 1 unspecified atom stereocenters. The first-order valence-corrected chi connectivity index (χ1v) is 8.10. The molecule has 0 saturated carbocycles. The molecule has 2 N–H and O–H groups in total. The SMILES string of the molecule is NC1(Cc2cc(Br)cs2)CCS(=O)(=O)C1. The molecule has 1 aromatic heterocycles. The maximum absolute atomic E-state index is 11.4. The van der Waals surface area contributed by atoms with Gasteiger partial charge < -0.3 is 5.73 Å². The second-order valence-electron chi connectivity index (χ2n) is 4.11. The summed E-state index contributed by atoms with van der Waals surface area (Å²) in [5.41, 5.74) is 5.54. The predicted octanol–water partition coefficient (Wildman–Crippen LogP) is 1.57. The third-order valence-corrected chi connectivity index (χ3v) is 6.10. The smallest absolute Gasteiger partial charge is 0.152 e. The van der Waals surface area contributed by atoms with Crippen LogP contribution in [-0.2, 0) is 16.3 Å². The van der Waals surface area contributed by atoms with Crippen molar-refractivity contribution in [3.05, 3.63) is 20.8 Å². The summed E-state index contributed by atoms with van der Waals surface area (Å²) in [6.07, 6.45) is 1.23. The van der Waals surface area contributed by atoms with E-state index in [-0.39, 0.29) is 11.5 Å². The quantitative estimate of drug-likeness (QED) is 0.902. The van der Waals surface area contributed by atoms with Crippen LogP contribution in [0.2, 0.25) is 0 Å². The van der Waals surface area contributed by atoms with Crippen molar-refractivity contribution in [1.29, 1.82) is 0 Å². The lowest BCUT2D eigenvalue weighted by atomic mass is 9.95. The van der Waals surface area contributed by atoms with Gasteiger partial charge in [-0.1, -0.05) is 0 Å². The molecule has 2 heterocycles. The van der Waals surface area contributed by atoms with Crippen LogP contribution in [-0.4, -0.2) is 25.5 Å². The molecule has 1 atom stereocenters. The van der Waals surface area contributed by atoms with Gasteiger partial charge in [-0.15, -0.1) is 11.3 Å². The maximum Gasteiger partial charge on any atom is 0.152 e. The van der Waals surface area contributed by atoms with Gasteiger partial charge in [-0.25, -0.2) is 8.42 Å². The van der Waals surface area contributed by atoms with Crippen LogP contribution < -0.4 is 5.73 Å².